The summed E-state index contributed by atoms with van der Waals surface area (Å²) in [4.78, 5) is 0. The van der Waals surface area contributed by atoms with Gasteiger partial charge in [-0.3, -0.25) is 0 Å². The molecule has 0 aromatic heterocycles. The minimum Gasteiger partial charge on any atom is -0.495 e. The van der Waals surface area contributed by atoms with Crippen LogP contribution < -0.4 is 10.1 Å². The lowest BCUT2D eigenvalue weighted by Crippen LogP contribution is -2.02. The quantitative estimate of drug-likeness (QED) is 0.846. The van der Waals surface area contributed by atoms with Crippen LogP contribution in [0, 0.1) is 17.5 Å². The van der Waals surface area contributed by atoms with E-state index in [-0.39, 0.29) is 12.1 Å². The summed E-state index contributed by atoms with van der Waals surface area (Å²) in [6.45, 7) is 0.138. The second-order valence-corrected chi connectivity index (χ2v) is 4.48. The Bertz CT molecular complexity index is 611. The first-order valence-electron chi connectivity index (χ1n) is 5.72. The zero-order valence-corrected chi connectivity index (χ0v) is 11.3. The number of anilines is 1. The summed E-state index contributed by atoms with van der Waals surface area (Å²) >= 11 is 5.88. The molecule has 0 aliphatic rings. The third-order valence-electron chi connectivity index (χ3n) is 2.69. The highest BCUT2D eigenvalue weighted by atomic mass is 35.5. The van der Waals surface area contributed by atoms with Crippen LogP contribution in [0.5, 0.6) is 5.75 Å². The molecule has 0 saturated carbocycles. The van der Waals surface area contributed by atoms with E-state index in [0.29, 0.717) is 16.5 Å². The van der Waals surface area contributed by atoms with Gasteiger partial charge in [0.2, 0.25) is 0 Å². The number of nitrogens with one attached hydrogen (secondary N) is 1. The number of hydrogen-bond donors (Lipinski definition) is 1. The average Bonchev–Trinajstić information content (AvgIpc) is 2.43. The van der Waals surface area contributed by atoms with Crippen molar-refractivity contribution in [2.75, 3.05) is 12.4 Å². The van der Waals surface area contributed by atoms with Crippen LogP contribution in [0.3, 0.4) is 0 Å². The molecule has 0 heterocycles. The van der Waals surface area contributed by atoms with E-state index in [2.05, 4.69) is 5.32 Å². The molecule has 0 saturated heterocycles. The SMILES string of the molecule is COc1cc(NCc2cc(F)c(F)c(F)c2)ccc1Cl. The Balaban J connectivity index is 2.13. The maximum atomic E-state index is 13.1. The fraction of sp³-hybridized carbons (Fsp3) is 0.143. The van der Waals surface area contributed by atoms with Gasteiger partial charge in [-0.05, 0) is 29.8 Å². The van der Waals surface area contributed by atoms with Gasteiger partial charge in [0.05, 0.1) is 12.1 Å². The minimum atomic E-state index is -1.47. The first kappa shape index (κ1) is 14.5. The Labute approximate surface area is 119 Å². The van der Waals surface area contributed by atoms with Gasteiger partial charge >= 0.3 is 0 Å². The van der Waals surface area contributed by atoms with E-state index in [4.69, 9.17) is 16.3 Å². The van der Waals surface area contributed by atoms with Gasteiger partial charge in [0.25, 0.3) is 0 Å². The van der Waals surface area contributed by atoms with Crippen LogP contribution in [-0.2, 0) is 6.54 Å². The molecule has 0 radical (unpaired) electrons. The van der Waals surface area contributed by atoms with Crippen LogP contribution >= 0.6 is 11.6 Å². The molecule has 6 heteroatoms. The minimum absolute atomic E-state index is 0.138. The Hall–Kier alpha value is -1.88. The predicted octanol–water partition coefficient (Wildman–Crippen LogP) is 4.38. The lowest BCUT2D eigenvalue weighted by Gasteiger charge is -2.10. The maximum Gasteiger partial charge on any atom is 0.194 e. The van der Waals surface area contributed by atoms with E-state index < -0.39 is 17.5 Å². The Kier molecular flexibility index (Phi) is 4.39. The fourth-order valence-corrected chi connectivity index (χ4v) is 1.88. The first-order chi connectivity index (χ1) is 9.51. The highest BCUT2D eigenvalue weighted by Gasteiger charge is 2.10. The summed E-state index contributed by atoms with van der Waals surface area (Å²) in [5.41, 5.74) is 0.951. The Morgan fingerprint density at radius 1 is 1.10 bits per heavy atom. The van der Waals surface area contributed by atoms with Gasteiger partial charge < -0.3 is 10.1 Å². The van der Waals surface area contributed by atoms with Crippen molar-refractivity contribution in [2.45, 2.75) is 6.54 Å². The van der Waals surface area contributed by atoms with Crippen molar-refractivity contribution in [1.82, 2.24) is 0 Å². The second kappa shape index (κ2) is 6.05. The van der Waals surface area contributed by atoms with E-state index in [0.717, 1.165) is 12.1 Å². The Morgan fingerprint density at radius 2 is 1.75 bits per heavy atom. The number of benzene rings is 2. The van der Waals surface area contributed by atoms with Crippen LogP contribution in [0.25, 0.3) is 0 Å². The second-order valence-electron chi connectivity index (χ2n) is 4.08. The largest absolute Gasteiger partial charge is 0.495 e. The van der Waals surface area contributed by atoms with E-state index >= 15 is 0 Å². The van der Waals surface area contributed by atoms with E-state index in [1.807, 2.05) is 0 Å². The van der Waals surface area contributed by atoms with Crippen LogP contribution in [0.1, 0.15) is 5.56 Å². The molecule has 0 aliphatic heterocycles. The number of ether oxygens (including phenoxy) is 1. The van der Waals surface area contributed by atoms with Crippen molar-refractivity contribution in [3.05, 3.63) is 58.4 Å². The van der Waals surface area contributed by atoms with Crippen molar-refractivity contribution < 1.29 is 17.9 Å². The molecule has 2 rings (SSSR count). The lowest BCUT2D eigenvalue weighted by molar-refractivity contribution is 0.415. The molecule has 2 aromatic carbocycles. The standard InChI is InChI=1S/C14H11ClF3NO/c1-20-13-6-9(2-3-10(13)15)19-7-8-4-11(16)14(18)12(17)5-8/h2-6,19H,7H2,1H3. The van der Waals surface area contributed by atoms with Gasteiger partial charge in [-0.15, -0.1) is 0 Å². The van der Waals surface area contributed by atoms with Crippen molar-refractivity contribution in [3.63, 3.8) is 0 Å². The smallest absolute Gasteiger partial charge is 0.194 e. The normalized spacial score (nSPS) is 10.4. The van der Waals surface area contributed by atoms with Crippen molar-refractivity contribution in [1.29, 1.82) is 0 Å². The Morgan fingerprint density at radius 3 is 2.35 bits per heavy atom. The van der Waals surface area contributed by atoms with Crippen molar-refractivity contribution >= 4 is 17.3 Å². The number of halogens is 4. The molecule has 1 N–H and O–H groups in total. The zero-order valence-electron chi connectivity index (χ0n) is 10.5. The molecule has 2 nitrogen and oxygen atoms in total. The molecule has 20 heavy (non-hydrogen) atoms. The van der Waals surface area contributed by atoms with E-state index in [9.17, 15) is 13.2 Å². The highest BCUT2D eigenvalue weighted by Crippen LogP contribution is 2.27. The summed E-state index contributed by atoms with van der Waals surface area (Å²) in [6.07, 6.45) is 0. The summed E-state index contributed by atoms with van der Waals surface area (Å²) in [5, 5.41) is 3.40. The molecular formula is C14H11ClF3NO. The summed E-state index contributed by atoms with van der Waals surface area (Å²) < 4.78 is 44.0. The monoisotopic (exact) mass is 301 g/mol. The van der Waals surface area contributed by atoms with Gasteiger partial charge in [0, 0.05) is 18.3 Å². The van der Waals surface area contributed by atoms with Gasteiger partial charge in [0.15, 0.2) is 17.5 Å². The number of hydrogen-bond acceptors (Lipinski definition) is 2. The molecule has 0 fully saturated rings. The number of rotatable bonds is 4. The van der Waals surface area contributed by atoms with Gasteiger partial charge in [0.1, 0.15) is 5.75 Å². The molecule has 0 atom stereocenters. The molecular weight excluding hydrogens is 291 g/mol. The van der Waals surface area contributed by atoms with E-state index in [1.54, 1.807) is 18.2 Å². The molecule has 0 aliphatic carbocycles. The zero-order chi connectivity index (χ0) is 14.7. The molecule has 0 spiro atoms. The number of methoxy groups -OCH3 is 1. The summed E-state index contributed by atoms with van der Waals surface area (Å²) in [6, 6.07) is 6.87. The average molecular weight is 302 g/mol. The van der Waals surface area contributed by atoms with Crippen LogP contribution in [-0.4, -0.2) is 7.11 Å². The highest BCUT2D eigenvalue weighted by molar-refractivity contribution is 6.32. The van der Waals surface area contributed by atoms with Crippen molar-refractivity contribution in [2.24, 2.45) is 0 Å². The van der Waals surface area contributed by atoms with Gasteiger partial charge in [-0.2, -0.15) is 0 Å². The van der Waals surface area contributed by atoms with E-state index in [1.165, 1.54) is 7.11 Å². The molecule has 2 aromatic rings. The van der Waals surface area contributed by atoms with Gasteiger partial charge in [-0.25, -0.2) is 13.2 Å². The summed E-state index contributed by atoms with van der Waals surface area (Å²) in [5.74, 6) is -3.42. The molecule has 106 valence electrons. The third-order valence-corrected chi connectivity index (χ3v) is 3.00. The van der Waals surface area contributed by atoms with Crippen molar-refractivity contribution in [3.8, 4) is 5.75 Å². The van der Waals surface area contributed by atoms with Crippen LogP contribution in [0.2, 0.25) is 5.02 Å². The topological polar surface area (TPSA) is 21.3 Å². The maximum absolute atomic E-state index is 13.1. The fourth-order valence-electron chi connectivity index (χ4n) is 1.68. The first-order valence-corrected chi connectivity index (χ1v) is 6.10. The molecule has 0 amide bonds. The summed E-state index contributed by atoms with van der Waals surface area (Å²) in [7, 11) is 1.48. The van der Waals surface area contributed by atoms with Gasteiger partial charge in [-0.1, -0.05) is 11.6 Å². The predicted molar refractivity (Wildman–Crippen MR) is 71.6 cm³/mol. The third kappa shape index (κ3) is 3.17. The lowest BCUT2D eigenvalue weighted by atomic mass is 10.2. The molecule has 0 bridgehead atoms. The molecule has 0 unspecified atom stereocenters. The van der Waals surface area contributed by atoms with Crippen LogP contribution in [0.4, 0.5) is 18.9 Å². The van der Waals surface area contributed by atoms with Crippen LogP contribution in [0.15, 0.2) is 30.3 Å².